The van der Waals surface area contributed by atoms with Crippen LogP contribution in [0.2, 0.25) is 0 Å². The van der Waals surface area contributed by atoms with Gasteiger partial charge in [-0.3, -0.25) is 0 Å². The summed E-state index contributed by atoms with van der Waals surface area (Å²) in [5, 5.41) is 18.7. The molecule has 0 heterocycles. The lowest BCUT2D eigenvalue weighted by molar-refractivity contribution is -0.143. The van der Waals surface area contributed by atoms with E-state index in [1.165, 1.54) is 0 Å². The van der Waals surface area contributed by atoms with E-state index < -0.39 is 24.1 Å². The van der Waals surface area contributed by atoms with E-state index >= 15 is 0 Å². The standard InChI is InChI=1S/C12H18O7/c1-3-11(15)18-7-9(13)5-17-6-10(14)8-19-12(16)4-2/h3-4,9-10,13-14H,1-2,5-8H2. The van der Waals surface area contributed by atoms with E-state index in [1.807, 2.05) is 0 Å². The third kappa shape index (κ3) is 9.95. The van der Waals surface area contributed by atoms with Gasteiger partial charge in [0.2, 0.25) is 0 Å². The Morgan fingerprint density at radius 1 is 0.895 bits per heavy atom. The van der Waals surface area contributed by atoms with Gasteiger partial charge in [-0.1, -0.05) is 13.2 Å². The molecule has 0 saturated heterocycles. The van der Waals surface area contributed by atoms with Crippen LogP contribution in [0.5, 0.6) is 0 Å². The first-order valence-corrected chi connectivity index (χ1v) is 5.51. The van der Waals surface area contributed by atoms with Crippen LogP contribution >= 0.6 is 0 Å². The number of hydrogen-bond donors (Lipinski definition) is 2. The number of esters is 2. The zero-order chi connectivity index (χ0) is 14.7. The average molecular weight is 274 g/mol. The summed E-state index contributed by atoms with van der Waals surface area (Å²) in [6, 6.07) is 0. The molecule has 0 aromatic heterocycles. The zero-order valence-corrected chi connectivity index (χ0v) is 10.5. The molecule has 0 aliphatic rings. The van der Waals surface area contributed by atoms with E-state index in [-0.39, 0.29) is 26.4 Å². The van der Waals surface area contributed by atoms with E-state index in [9.17, 15) is 19.8 Å². The molecule has 0 aromatic rings. The van der Waals surface area contributed by atoms with Gasteiger partial charge >= 0.3 is 11.9 Å². The average Bonchev–Trinajstić information content (AvgIpc) is 2.41. The number of aliphatic hydroxyl groups excluding tert-OH is 2. The molecule has 0 amide bonds. The monoisotopic (exact) mass is 274 g/mol. The molecule has 0 rings (SSSR count). The van der Waals surface area contributed by atoms with Gasteiger partial charge in [0.15, 0.2) is 0 Å². The van der Waals surface area contributed by atoms with Gasteiger partial charge in [0.05, 0.1) is 13.2 Å². The Hall–Kier alpha value is -1.70. The maximum atomic E-state index is 10.7. The SMILES string of the molecule is C=CC(=O)OCC(O)COCC(O)COC(=O)C=C. The van der Waals surface area contributed by atoms with Gasteiger partial charge in [-0.25, -0.2) is 9.59 Å². The summed E-state index contributed by atoms with van der Waals surface area (Å²) in [5.74, 6) is -1.29. The van der Waals surface area contributed by atoms with Crippen molar-refractivity contribution in [2.24, 2.45) is 0 Å². The number of rotatable bonds is 10. The predicted molar refractivity (Wildman–Crippen MR) is 65.1 cm³/mol. The van der Waals surface area contributed by atoms with Crippen LogP contribution in [0, 0.1) is 0 Å². The Bertz CT molecular complexity index is 283. The predicted octanol–water partition coefficient (Wildman–Crippen LogP) is -0.817. The molecule has 0 bridgehead atoms. The second-order valence-corrected chi connectivity index (χ2v) is 3.51. The molecular formula is C12H18O7. The summed E-state index contributed by atoms with van der Waals surface area (Å²) in [5.41, 5.74) is 0. The van der Waals surface area contributed by atoms with Gasteiger partial charge in [0, 0.05) is 12.2 Å². The van der Waals surface area contributed by atoms with Gasteiger partial charge in [0.1, 0.15) is 25.4 Å². The minimum atomic E-state index is -1.01. The van der Waals surface area contributed by atoms with Gasteiger partial charge in [0.25, 0.3) is 0 Å². The molecule has 0 aliphatic heterocycles. The highest BCUT2D eigenvalue weighted by molar-refractivity contribution is 5.81. The molecule has 2 unspecified atom stereocenters. The summed E-state index contributed by atoms with van der Waals surface area (Å²) in [6.45, 7) is 5.68. The Kier molecular flexibility index (Phi) is 9.33. The van der Waals surface area contributed by atoms with E-state index in [1.54, 1.807) is 0 Å². The molecule has 0 aliphatic carbocycles. The van der Waals surface area contributed by atoms with Crippen molar-refractivity contribution in [1.29, 1.82) is 0 Å². The Morgan fingerprint density at radius 3 is 1.58 bits per heavy atom. The minimum absolute atomic E-state index is 0.128. The maximum absolute atomic E-state index is 10.7. The molecule has 7 heteroatoms. The van der Waals surface area contributed by atoms with Crippen LogP contribution in [0.25, 0.3) is 0 Å². The fourth-order valence-corrected chi connectivity index (χ4v) is 0.911. The molecule has 7 nitrogen and oxygen atoms in total. The molecule has 0 aromatic carbocycles. The third-order valence-corrected chi connectivity index (χ3v) is 1.79. The summed E-state index contributed by atoms with van der Waals surface area (Å²) in [7, 11) is 0. The first-order valence-electron chi connectivity index (χ1n) is 5.51. The molecule has 0 spiro atoms. The van der Waals surface area contributed by atoms with E-state index in [4.69, 9.17) is 4.74 Å². The largest absolute Gasteiger partial charge is 0.460 e. The highest BCUT2D eigenvalue weighted by atomic mass is 16.6. The van der Waals surface area contributed by atoms with Crippen molar-refractivity contribution in [2.45, 2.75) is 12.2 Å². The third-order valence-electron chi connectivity index (χ3n) is 1.79. The minimum Gasteiger partial charge on any atom is -0.460 e. The number of aliphatic hydroxyl groups is 2. The van der Waals surface area contributed by atoms with Crippen LogP contribution in [0.15, 0.2) is 25.3 Å². The molecule has 0 saturated carbocycles. The Labute approximate surface area is 111 Å². The van der Waals surface area contributed by atoms with Crippen molar-refractivity contribution in [3.63, 3.8) is 0 Å². The van der Waals surface area contributed by atoms with E-state index in [0.717, 1.165) is 12.2 Å². The second kappa shape index (κ2) is 10.2. The Morgan fingerprint density at radius 2 is 1.26 bits per heavy atom. The van der Waals surface area contributed by atoms with Crippen molar-refractivity contribution in [1.82, 2.24) is 0 Å². The van der Waals surface area contributed by atoms with Gasteiger partial charge in [-0.2, -0.15) is 0 Å². The first-order chi connectivity index (χ1) is 8.99. The van der Waals surface area contributed by atoms with E-state index in [2.05, 4.69) is 22.6 Å². The normalized spacial score (nSPS) is 13.2. The summed E-state index contributed by atoms with van der Waals surface area (Å²) in [6.07, 6.45) is -0.0602. The highest BCUT2D eigenvalue weighted by Gasteiger charge is 2.10. The number of ether oxygens (including phenoxy) is 3. The highest BCUT2D eigenvalue weighted by Crippen LogP contribution is 1.93. The van der Waals surface area contributed by atoms with Crippen LogP contribution in [-0.4, -0.2) is 60.8 Å². The van der Waals surface area contributed by atoms with Crippen molar-refractivity contribution < 1.29 is 34.0 Å². The van der Waals surface area contributed by atoms with Crippen LogP contribution in [0.4, 0.5) is 0 Å². The second-order valence-electron chi connectivity index (χ2n) is 3.51. The molecular weight excluding hydrogens is 256 g/mol. The summed E-state index contributed by atoms with van der Waals surface area (Å²) >= 11 is 0. The van der Waals surface area contributed by atoms with Crippen molar-refractivity contribution in [2.75, 3.05) is 26.4 Å². The van der Waals surface area contributed by atoms with Crippen molar-refractivity contribution >= 4 is 11.9 Å². The van der Waals surface area contributed by atoms with Crippen molar-refractivity contribution in [3.05, 3.63) is 25.3 Å². The Balaban J connectivity index is 3.60. The molecule has 0 radical (unpaired) electrons. The van der Waals surface area contributed by atoms with Crippen LogP contribution in [0.3, 0.4) is 0 Å². The van der Waals surface area contributed by atoms with Gasteiger partial charge in [-0.05, 0) is 0 Å². The molecule has 0 fully saturated rings. The lowest BCUT2D eigenvalue weighted by atomic mass is 10.4. The smallest absolute Gasteiger partial charge is 0.330 e. The quantitative estimate of drug-likeness (QED) is 0.396. The first kappa shape index (κ1) is 17.3. The molecule has 19 heavy (non-hydrogen) atoms. The van der Waals surface area contributed by atoms with Crippen LogP contribution < -0.4 is 0 Å². The van der Waals surface area contributed by atoms with Crippen LogP contribution in [-0.2, 0) is 23.8 Å². The fourth-order valence-electron chi connectivity index (χ4n) is 0.911. The maximum Gasteiger partial charge on any atom is 0.330 e. The number of hydrogen-bond acceptors (Lipinski definition) is 7. The van der Waals surface area contributed by atoms with Crippen LogP contribution in [0.1, 0.15) is 0 Å². The summed E-state index contributed by atoms with van der Waals surface area (Å²) < 4.78 is 14.1. The number of carbonyl (C=O) groups is 2. The summed E-state index contributed by atoms with van der Waals surface area (Å²) in [4.78, 5) is 21.4. The van der Waals surface area contributed by atoms with Gasteiger partial charge < -0.3 is 24.4 Å². The van der Waals surface area contributed by atoms with E-state index in [0.29, 0.717) is 0 Å². The molecule has 108 valence electrons. The lowest BCUT2D eigenvalue weighted by Gasteiger charge is -2.14. The fraction of sp³-hybridized carbons (Fsp3) is 0.500. The van der Waals surface area contributed by atoms with Crippen molar-refractivity contribution in [3.8, 4) is 0 Å². The number of carbonyl (C=O) groups excluding carboxylic acids is 2. The lowest BCUT2D eigenvalue weighted by Crippen LogP contribution is -2.28. The topological polar surface area (TPSA) is 102 Å². The molecule has 2 N–H and O–H groups in total. The van der Waals surface area contributed by atoms with Gasteiger partial charge in [-0.15, -0.1) is 0 Å². The molecule has 2 atom stereocenters. The zero-order valence-electron chi connectivity index (χ0n) is 10.5.